The van der Waals surface area contributed by atoms with Crippen LogP contribution in [0, 0.1) is 0 Å². The highest BCUT2D eigenvalue weighted by atomic mass is 16.6. The van der Waals surface area contributed by atoms with E-state index < -0.39 is 35.1 Å². The largest absolute Gasteiger partial charge is 0.444 e. The molecule has 1 fully saturated rings. The second-order valence-electron chi connectivity index (χ2n) is 16.5. The molecule has 1 saturated heterocycles. The Morgan fingerprint density at radius 1 is 0.481 bits per heavy atom. The molecule has 1 aliphatic heterocycles. The Morgan fingerprint density at radius 3 is 1.23 bits per heavy atom. The molecular formula is C41H54N4O7. The van der Waals surface area contributed by atoms with Crippen molar-refractivity contribution >= 4 is 56.5 Å². The van der Waals surface area contributed by atoms with E-state index in [1.165, 1.54) is 20.1 Å². The highest BCUT2D eigenvalue weighted by Crippen LogP contribution is 2.36. The first-order valence-electron chi connectivity index (χ1n) is 18.1. The fourth-order valence-corrected chi connectivity index (χ4v) is 6.41. The van der Waals surface area contributed by atoms with Crippen LogP contribution in [0.25, 0.3) is 32.3 Å². The Labute approximate surface area is 307 Å². The van der Waals surface area contributed by atoms with Crippen LogP contribution in [0.3, 0.4) is 0 Å². The van der Waals surface area contributed by atoms with Crippen LogP contribution in [0.5, 0.6) is 0 Å². The van der Waals surface area contributed by atoms with Crippen LogP contribution in [0.4, 0.5) is 14.4 Å². The summed E-state index contributed by atoms with van der Waals surface area (Å²) in [6.07, 6.45) is -1.49. The van der Waals surface area contributed by atoms with Crippen LogP contribution in [0.15, 0.2) is 54.6 Å². The zero-order valence-electron chi connectivity index (χ0n) is 32.2. The summed E-state index contributed by atoms with van der Waals surface area (Å²) in [5, 5.41) is 6.75. The molecule has 5 rings (SSSR count). The molecule has 4 amide bonds. The summed E-state index contributed by atoms with van der Waals surface area (Å²) in [5.41, 5.74) is -1.33. The Bertz CT molecular complexity index is 1860. The van der Waals surface area contributed by atoms with Gasteiger partial charge in [-0.15, -0.1) is 0 Å². The third-order valence-corrected chi connectivity index (χ3v) is 8.83. The molecule has 0 N–H and O–H groups in total. The van der Waals surface area contributed by atoms with Gasteiger partial charge in [0.1, 0.15) is 16.8 Å². The van der Waals surface area contributed by atoms with Gasteiger partial charge in [-0.3, -0.25) is 4.79 Å². The standard InChI is InChI=1S/C41H54N4O7/c1-39(2,3)50-36(47)43-21-19-42(20-22-44(37(48)51-40(4,5)6)24-26-45(25-23-43)38(49)52-41(7,8)9)33(46)27-31-16-15-30-14-13-28-11-10-12-29-17-18-32(31)35(30)34(28)29/h10-18H,19-27H2,1-9H3. The van der Waals surface area contributed by atoms with Crippen molar-refractivity contribution in [2.45, 2.75) is 85.5 Å². The Morgan fingerprint density at radius 2 is 0.827 bits per heavy atom. The molecule has 0 aromatic heterocycles. The number of nitrogens with zero attached hydrogens (tertiary/aromatic N) is 4. The first-order valence-corrected chi connectivity index (χ1v) is 18.1. The maximum atomic E-state index is 14.3. The SMILES string of the molecule is CC(C)(C)OC(=O)N1CCN(C(=O)Cc2ccc3ccc4cccc5ccc2c3c45)CCN(C(=O)OC(C)(C)C)CCN(C(=O)OC(C)(C)C)CC1. The molecule has 1 heterocycles. The predicted molar refractivity (Wildman–Crippen MR) is 204 cm³/mol. The van der Waals surface area contributed by atoms with Gasteiger partial charge in [0.05, 0.1) is 6.42 Å². The number of hydrogen-bond donors (Lipinski definition) is 0. The van der Waals surface area contributed by atoms with Gasteiger partial charge in [-0.05, 0) is 100 Å². The molecule has 0 bridgehead atoms. The number of amides is 4. The molecule has 0 spiro atoms. The third kappa shape index (κ3) is 9.74. The third-order valence-electron chi connectivity index (χ3n) is 8.83. The van der Waals surface area contributed by atoms with Gasteiger partial charge < -0.3 is 33.8 Å². The topological polar surface area (TPSA) is 109 Å². The van der Waals surface area contributed by atoms with Crippen molar-refractivity contribution < 1.29 is 33.4 Å². The summed E-state index contributed by atoms with van der Waals surface area (Å²) in [6, 6.07) is 18.8. The van der Waals surface area contributed by atoms with Crippen molar-refractivity contribution in [3.05, 3.63) is 60.2 Å². The van der Waals surface area contributed by atoms with Crippen molar-refractivity contribution in [3.63, 3.8) is 0 Å². The summed E-state index contributed by atoms with van der Waals surface area (Å²) in [7, 11) is 0. The lowest BCUT2D eigenvalue weighted by molar-refractivity contribution is -0.131. The van der Waals surface area contributed by atoms with Gasteiger partial charge in [-0.1, -0.05) is 54.6 Å². The minimum absolute atomic E-state index is 0.129. The highest BCUT2D eigenvalue weighted by molar-refractivity contribution is 6.23. The van der Waals surface area contributed by atoms with Gasteiger partial charge in [-0.25, -0.2) is 14.4 Å². The van der Waals surface area contributed by atoms with E-state index in [9.17, 15) is 19.2 Å². The second kappa shape index (κ2) is 15.0. The molecule has 4 aromatic rings. The van der Waals surface area contributed by atoms with Crippen molar-refractivity contribution in [2.75, 3.05) is 52.4 Å². The average molecular weight is 715 g/mol. The van der Waals surface area contributed by atoms with Crippen molar-refractivity contribution in [3.8, 4) is 0 Å². The number of hydrogen-bond acceptors (Lipinski definition) is 7. The number of carbonyl (C=O) groups is 4. The van der Waals surface area contributed by atoms with E-state index in [0.717, 1.165) is 32.5 Å². The monoisotopic (exact) mass is 714 g/mol. The highest BCUT2D eigenvalue weighted by Gasteiger charge is 2.30. The Hall–Kier alpha value is -4.80. The van der Waals surface area contributed by atoms with E-state index in [2.05, 4.69) is 48.5 Å². The van der Waals surface area contributed by atoms with Gasteiger partial charge >= 0.3 is 18.3 Å². The molecular weight excluding hydrogens is 660 g/mol. The molecule has 0 saturated carbocycles. The molecule has 11 nitrogen and oxygen atoms in total. The Kier molecular flexibility index (Phi) is 11.1. The van der Waals surface area contributed by atoms with Crippen LogP contribution in [0.1, 0.15) is 67.9 Å². The van der Waals surface area contributed by atoms with Crippen molar-refractivity contribution in [1.29, 1.82) is 0 Å². The van der Waals surface area contributed by atoms with Gasteiger partial charge in [0.25, 0.3) is 0 Å². The predicted octanol–water partition coefficient (Wildman–Crippen LogP) is 7.68. The lowest BCUT2D eigenvalue weighted by Gasteiger charge is -2.36. The molecule has 0 atom stereocenters. The van der Waals surface area contributed by atoms with Crippen LogP contribution in [-0.2, 0) is 25.4 Å². The summed E-state index contributed by atoms with van der Waals surface area (Å²) in [6.45, 7) is 17.4. The number of carbonyl (C=O) groups excluding carboxylic acids is 4. The molecule has 4 aromatic carbocycles. The summed E-state index contributed by atoms with van der Waals surface area (Å²) >= 11 is 0. The van der Waals surface area contributed by atoms with Crippen molar-refractivity contribution in [2.24, 2.45) is 0 Å². The first-order chi connectivity index (χ1) is 24.3. The van der Waals surface area contributed by atoms with Gasteiger partial charge in [-0.2, -0.15) is 0 Å². The van der Waals surface area contributed by atoms with E-state index in [1.807, 2.05) is 6.07 Å². The van der Waals surface area contributed by atoms with Gasteiger partial charge in [0, 0.05) is 52.4 Å². The van der Waals surface area contributed by atoms with E-state index in [4.69, 9.17) is 14.2 Å². The fourth-order valence-electron chi connectivity index (χ4n) is 6.41. The normalized spacial score (nSPS) is 15.8. The zero-order valence-corrected chi connectivity index (χ0v) is 32.2. The van der Waals surface area contributed by atoms with E-state index in [0.29, 0.717) is 0 Å². The summed E-state index contributed by atoms with van der Waals surface area (Å²) in [5.74, 6) is -0.129. The molecule has 0 radical (unpaired) electrons. The van der Waals surface area contributed by atoms with E-state index in [-0.39, 0.29) is 64.7 Å². The minimum Gasteiger partial charge on any atom is -0.444 e. The summed E-state index contributed by atoms with van der Waals surface area (Å²) in [4.78, 5) is 60.9. The average Bonchev–Trinajstić information content (AvgIpc) is 3.02. The second-order valence-corrected chi connectivity index (χ2v) is 16.5. The maximum absolute atomic E-state index is 14.3. The minimum atomic E-state index is -0.746. The van der Waals surface area contributed by atoms with Gasteiger partial charge in [0.2, 0.25) is 5.91 Å². The van der Waals surface area contributed by atoms with Gasteiger partial charge in [0.15, 0.2) is 0 Å². The number of benzene rings is 4. The van der Waals surface area contributed by atoms with Crippen molar-refractivity contribution in [1.82, 2.24) is 19.6 Å². The Balaban J connectivity index is 1.46. The zero-order chi connectivity index (χ0) is 38.0. The molecule has 0 unspecified atom stereocenters. The maximum Gasteiger partial charge on any atom is 0.410 e. The van der Waals surface area contributed by atoms with Crippen LogP contribution >= 0.6 is 0 Å². The number of ether oxygens (including phenoxy) is 3. The smallest absolute Gasteiger partial charge is 0.410 e. The van der Waals surface area contributed by atoms with Crippen LogP contribution in [-0.4, -0.2) is 113 Å². The molecule has 52 heavy (non-hydrogen) atoms. The quantitative estimate of drug-likeness (QED) is 0.155. The van der Waals surface area contributed by atoms with E-state index in [1.54, 1.807) is 67.2 Å². The fraction of sp³-hybridized carbons (Fsp3) is 0.512. The lowest BCUT2D eigenvalue weighted by atomic mass is 9.91. The molecule has 11 heteroatoms. The van der Waals surface area contributed by atoms with Crippen LogP contribution in [0.2, 0.25) is 0 Å². The lowest BCUT2D eigenvalue weighted by Crippen LogP contribution is -2.52. The molecule has 0 aliphatic carbocycles. The first kappa shape index (κ1) is 38.4. The van der Waals surface area contributed by atoms with E-state index >= 15 is 0 Å². The molecule has 280 valence electrons. The van der Waals surface area contributed by atoms with Crippen LogP contribution < -0.4 is 0 Å². The number of rotatable bonds is 2. The molecule has 1 aliphatic rings. The summed E-state index contributed by atoms with van der Waals surface area (Å²) < 4.78 is 17.2.